The van der Waals surface area contributed by atoms with Crippen molar-refractivity contribution in [2.45, 2.75) is 26.1 Å². The highest BCUT2D eigenvalue weighted by molar-refractivity contribution is 6.37. The first kappa shape index (κ1) is 18.5. The summed E-state index contributed by atoms with van der Waals surface area (Å²) in [6.45, 7) is 2.42. The second kappa shape index (κ2) is 7.17. The van der Waals surface area contributed by atoms with Gasteiger partial charge in [0.25, 0.3) is 0 Å². The number of rotatable bonds is 1. The Kier molecular flexibility index (Phi) is 4.43. The summed E-state index contributed by atoms with van der Waals surface area (Å²) < 4.78 is 11.1. The number of nitrogens with zero attached hydrogens (tertiary/aromatic N) is 2. The zero-order valence-corrected chi connectivity index (χ0v) is 17.7. The van der Waals surface area contributed by atoms with E-state index < -0.39 is 0 Å². The third kappa shape index (κ3) is 2.90. The molecule has 4 aromatic rings. The Morgan fingerprint density at radius 1 is 0.667 bits per heavy atom. The molecule has 0 aliphatic carbocycles. The smallest absolute Gasteiger partial charge is 0.0891 e. The van der Waals surface area contributed by atoms with Crippen molar-refractivity contribution in [2.75, 3.05) is 13.2 Å². The number of hydrogen-bond acceptors (Lipinski definition) is 4. The molecule has 0 atom stereocenters. The third-order valence-corrected chi connectivity index (χ3v) is 6.87. The molecule has 0 N–H and O–H groups in total. The van der Waals surface area contributed by atoms with E-state index in [-0.39, 0.29) is 0 Å². The van der Waals surface area contributed by atoms with Crippen LogP contribution in [0.25, 0.3) is 32.9 Å². The van der Waals surface area contributed by atoms with Crippen LogP contribution in [0.5, 0.6) is 0 Å². The summed E-state index contributed by atoms with van der Waals surface area (Å²) >= 11 is 13.6. The maximum Gasteiger partial charge on any atom is 0.0891 e. The fraction of sp³-hybridized carbons (Fsp3) is 0.250. The van der Waals surface area contributed by atoms with E-state index in [1.807, 2.05) is 12.1 Å². The van der Waals surface area contributed by atoms with Crippen molar-refractivity contribution in [1.29, 1.82) is 0 Å². The van der Waals surface area contributed by atoms with Crippen LogP contribution in [0.2, 0.25) is 10.0 Å². The lowest BCUT2D eigenvalue weighted by molar-refractivity contribution is 0.108. The van der Waals surface area contributed by atoms with Gasteiger partial charge in [-0.05, 0) is 59.4 Å². The van der Waals surface area contributed by atoms with E-state index in [9.17, 15) is 0 Å². The number of benzene rings is 2. The molecule has 0 fully saturated rings. The van der Waals surface area contributed by atoms with Gasteiger partial charge in [-0.2, -0.15) is 0 Å². The van der Waals surface area contributed by atoms with Crippen molar-refractivity contribution in [3.05, 3.63) is 69.0 Å². The molecule has 0 bridgehead atoms. The maximum absolute atomic E-state index is 6.78. The van der Waals surface area contributed by atoms with Gasteiger partial charge in [0.1, 0.15) is 0 Å². The predicted molar refractivity (Wildman–Crippen MR) is 119 cm³/mol. The summed E-state index contributed by atoms with van der Waals surface area (Å²) in [5.74, 6) is 0. The second-order valence-corrected chi connectivity index (χ2v) is 8.53. The van der Waals surface area contributed by atoms with Crippen LogP contribution in [0, 0.1) is 0 Å². The highest BCUT2D eigenvalue weighted by Crippen LogP contribution is 2.36. The van der Waals surface area contributed by atoms with Crippen LogP contribution in [0.1, 0.15) is 22.5 Å². The standard InChI is InChI=1S/C24H18Cl2N2O2/c25-23-15-5-7-29-11-21(15)27-19-3-1-13(9-17(19)23)14-2-4-20-18(10-14)24(26)16-6-8-30-12-22(16)28-20/h1-4,9-10H,5-8,11-12H2. The Morgan fingerprint density at radius 2 is 1.13 bits per heavy atom. The topological polar surface area (TPSA) is 44.2 Å². The van der Waals surface area contributed by atoms with Crippen molar-refractivity contribution in [3.63, 3.8) is 0 Å². The normalized spacial score (nSPS) is 15.9. The van der Waals surface area contributed by atoms with Crippen LogP contribution in [-0.2, 0) is 35.5 Å². The van der Waals surface area contributed by atoms with Gasteiger partial charge in [0.2, 0.25) is 0 Å². The van der Waals surface area contributed by atoms with Crippen LogP contribution >= 0.6 is 23.2 Å². The monoisotopic (exact) mass is 436 g/mol. The number of hydrogen-bond donors (Lipinski definition) is 0. The van der Waals surface area contributed by atoms with Crippen molar-refractivity contribution in [2.24, 2.45) is 0 Å². The van der Waals surface area contributed by atoms with Gasteiger partial charge in [0, 0.05) is 10.8 Å². The molecule has 2 aliphatic rings. The zero-order valence-electron chi connectivity index (χ0n) is 16.2. The Hall–Kier alpha value is -2.24. The number of aromatic nitrogens is 2. The molecule has 0 amide bonds. The summed E-state index contributed by atoms with van der Waals surface area (Å²) in [5.41, 5.74) is 8.05. The Morgan fingerprint density at radius 3 is 1.60 bits per heavy atom. The molecule has 0 saturated heterocycles. The zero-order chi connectivity index (χ0) is 20.2. The first-order valence-electron chi connectivity index (χ1n) is 10.1. The molecule has 0 spiro atoms. The van der Waals surface area contributed by atoms with Crippen molar-refractivity contribution in [3.8, 4) is 11.1 Å². The van der Waals surface area contributed by atoms with Gasteiger partial charge in [-0.25, -0.2) is 9.97 Å². The van der Waals surface area contributed by atoms with Crippen LogP contribution in [0.15, 0.2) is 36.4 Å². The molecule has 6 heteroatoms. The Balaban J connectivity index is 1.51. The van der Waals surface area contributed by atoms with Crippen molar-refractivity contribution < 1.29 is 9.47 Å². The minimum Gasteiger partial charge on any atom is -0.375 e. The fourth-order valence-electron chi connectivity index (χ4n) is 4.42. The summed E-state index contributed by atoms with van der Waals surface area (Å²) in [5, 5.41) is 3.52. The third-order valence-electron chi connectivity index (χ3n) is 6.01. The van der Waals surface area contributed by atoms with Gasteiger partial charge < -0.3 is 9.47 Å². The molecule has 4 nitrogen and oxygen atoms in total. The molecule has 2 aromatic carbocycles. The Labute approximate surface area is 183 Å². The van der Waals surface area contributed by atoms with Gasteiger partial charge in [-0.3, -0.25) is 0 Å². The minimum absolute atomic E-state index is 0.526. The lowest BCUT2D eigenvalue weighted by Crippen LogP contribution is -2.12. The van der Waals surface area contributed by atoms with Crippen molar-refractivity contribution >= 4 is 45.0 Å². The Bertz CT molecular complexity index is 1230. The quantitative estimate of drug-likeness (QED) is 0.372. The van der Waals surface area contributed by atoms with E-state index in [4.69, 9.17) is 42.6 Å². The highest BCUT2D eigenvalue weighted by Gasteiger charge is 2.19. The summed E-state index contributed by atoms with van der Waals surface area (Å²) in [7, 11) is 0. The molecule has 2 aliphatic heterocycles. The van der Waals surface area contributed by atoms with E-state index >= 15 is 0 Å². The van der Waals surface area contributed by atoms with Crippen LogP contribution in [0.3, 0.4) is 0 Å². The number of fused-ring (bicyclic) bond motifs is 4. The van der Waals surface area contributed by atoms with E-state index in [1.165, 1.54) is 0 Å². The lowest BCUT2D eigenvalue weighted by atomic mass is 9.98. The van der Waals surface area contributed by atoms with Gasteiger partial charge in [-0.15, -0.1) is 0 Å². The van der Waals surface area contributed by atoms with Crippen LogP contribution in [-0.4, -0.2) is 23.2 Å². The molecule has 4 heterocycles. The van der Waals surface area contributed by atoms with Gasteiger partial charge in [-0.1, -0.05) is 35.3 Å². The van der Waals surface area contributed by atoms with Gasteiger partial charge in [0.05, 0.1) is 58.9 Å². The fourth-order valence-corrected chi connectivity index (χ4v) is 5.12. The molecule has 0 unspecified atom stereocenters. The van der Waals surface area contributed by atoms with E-state index in [0.29, 0.717) is 26.4 Å². The molecular weight excluding hydrogens is 419 g/mol. The highest BCUT2D eigenvalue weighted by atomic mass is 35.5. The van der Waals surface area contributed by atoms with Crippen molar-refractivity contribution in [1.82, 2.24) is 9.97 Å². The first-order valence-corrected chi connectivity index (χ1v) is 10.8. The largest absolute Gasteiger partial charge is 0.375 e. The molecule has 150 valence electrons. The number of halogens is 2. The predicted octanol–water partition coefficient (Wildman–Crippen LogP) is 5.90. The maximum atomic E-state index is 6.78. The molecule has 0 radical (unpaired) electrons. The lowest BCUT2D eigenvalue weighted by Gasteiger charge is -2.19. The first-order chi connectivity index (χ1) is 14.7. The molecular formula is C24H18Cl2N2O2. The van der Waals surface area contributed by atoms with Crippen LogP contribution < -0.4 is 0 Å². The summed E-state index contributed by atoms with van der Waals surface area (Å²) in [6, 6.07) is 12.5. The summed E-state index contributed by atoms with van der Waals surface area (Å²) in [4.78, 5) is 9.54. The molecule has 0 saturated carbocycles. The van der Waals surface area contributed by atoms with Crippen LogP contribution in [0.4, 0.5) is 0 Å². The van der Waals surface area contributed by atoms with E-state index in [0.717, 1.165) is 78.3 Å². The van der Waals surface area contributed by atoms with Gasteiger partial charge in [0.15, 0.2) is 0 Å². The number of pyridine rings is 2. The SMILES string of the molecule is Clc1c2c(nc3ccc(-c4ccc5nc6c(c(Cl)c5c4)CCOC6)cc13)COCC2. The average Bonchev–Trinajstić information content (AvgIpc) is 2.79. The minimum atomic E-state index is 0.526. The molecule has 6 rings (SSSR count). The number of ether oxygens (including phenoxy) is 2. The molecule has 2 aromatic heterocycles. The van der Waals surface area contributed by atoms with E-state index in [2.05, 4.69) is 24.3 Å². The van der Waals surface area contributed by atoms with Gasteiger partial charge >= 0.3 is 0 Å². The molecule has 30 heavy (non-hydrogen) atoms. The average molecular weight is 437 g/mol. The second-order valence-electron chi connectivity index (χ2n) is 7.77. The summed E-state index contributed by atoms with van der Waals surface area (Å²) in [6.07, 6.45) is 1.60. The van der Waals surface area contributed by atoms with E-state index in [1.54, 1.807) is 0 Å².